The number of rotatable bonds is 3. The van der Waals surface area contributed by atoms with Crippen molar-refractivity contribution in [1.29, 1.82) is 0 Å². The number of hydrogen-bond acceptors (Lipinski definition) is 3. The van der Waals surface area contributed by atoms with E-state index in [0.29, 0.717) is 6.54 Å². The summed E-state index contributed by atoms with van der Waals surface area (Å²) in [6, 6.07) is 7.82. The largest absolute Gasteiger partial charge is 0.339 e. The van der Waals surface area contributed by atoms with Crippen molar-refractivity contribution in [2.24, 2.45) is 0 Å². The number of carbonyl (C=O) groups is 1. The van der Waals surface area contributed by atoms with Crippen molar-refractivity contribution in [2.75, 3.05) is 13.1 Å². The van der Waals surface area contributed by atoms with Gasteiger partial charge in [-0.3, -0.25) is 4.79 Å². The van der Waals surface area contributed by atoms with Crippen molar-refractivity contribution < 1.29 is 4.79 Å². The van der Waals surface area contributed by atoms with Gasteiger partial charge >= 0.3 is 0 Å². The molecule has 1 amide bonds. The van der Waals surface area contributed by atoms with E-state index in [-0.39, 0.29) is 5.91 Å². The van der Waals surface area contributed by atoms with Crippen LogP contribution in [0.5, 0.6) is 0 Å². The third-order valence-electron chi connectivity index (χ3n) is 3.91. The highest BCUT2D eigenvalue weighted by atomic mass is 16.2. The Labute approximate surface area is 124 Å². The van der Waals surface area contributed by atoms with Gasteiger partial charge < -0.3 is 4.90 Å². The van der Waals surface area contributed by atoms with E-state index in [1.54, 1.807) is 11.0 Å². The molecule has 0 saturated carbocycles. The van der Waals surface area contributed by atoms with Crippen molar-refractivity contribution in [3.8, 4) is 0 Å². The highest BCUT2D eigenvalue weighted by Gasteiger charge is 2.16. The van der Waals surface area contributed by atoms with Crippen LogP contribution < -0.4 is 0 Å². The maximum Gasteiger partial charge on any atom is 0.253 e. The molecule has 1 aromatic carbocycles. The predicted octanol–water partition coefficient (Wildman–Crippen LogP) is 2.34. The summed E-state index contributed by atoms with van der Waals surface area (Å²) in [5.74, 6) is 0.157. The molecule has 5 nitrogen and oxygen atoms in total. The molecule has 0 aliphatic carbocycles. The van der Waals surface area contributed by atoms with Crippen LogP contribution in [0.25, 0.3) is 0 Å². The van der Waals surface area contributed by atoms with Crippen molar-refractivity contribution in [3.05, 3.63) is 48.0 Å². The number of hydrogen-bond donors (Lipinski definition) is 0. The molecular formula is C16H20N4O. The Balaban J connectivity index is 1.66. The maximum atomic E-state index is 12.5. The van der Waals surface area contributed by atoms with Crippen LogP contribution in [0, 0.1) is 0 Å². The minimum Gasteiger partial charge on any atom is -0.339 e. The molecular weight excluding hydrogens is 264 g/mol. The average molecular weight is 284 g/mol. The van der Waals surface area contributed by atoms with Crippen LogP contribution in [0.1, 0.15) is 41.6 Å². The van der Waals surface area contributed by atoms with Gasteiger partial charge in [-0.05, 0) is 30.5 Å². The Morgan fingerprint density at radius 3 is 2.38 bits per heavy atom. The fraction of sp³-hybridized carbons (Fsp3) is 0.438. The second kappa shape index (κ2) is 6.52. The molecule has 1 fully saturated rings. The van der Waals surface area contributed by atoms with Gasteiger partial charge in [0.2, 0.25) is 0 Å². The minimum atomic E-state index is 0.157. The molecule has 0 atom stereocenters. The fourth-order valence-electron chi connectivity index (χ4n) is 2.71. The topological polar surface area (TPSA) is 51.0 Å². The van der Waals surface area contributed by atoms with Crippen molar-refractivity contribution in [2.45, 2.75) is 32.2 Å². The lowest BCUT2D eigenvalue weighted by atomic mass is 10.1. The molecule has 1 saturated heterocycles. The summed E-state index contributed by atoms with van der Waals surface area (Å²) in [4.78, 5) is 18.4. The molecule has 3 rings (SSSR count). The summed E-state index contributed by atoms with van der Waals surface area (Å²) in [5, 5.41) is 4.08. The van der Waals surface area contributed by atoms with Crippen molar-refractivity contribution >= 4 is 5.91 Å². The summed E-state index contributed by atoms with van der Waals surface area (Å²) >= 11 is 0. The van der Waals surface area contributed by atoms with Crippen LogP contribution in [-0.2, 0) is 6.54 Å². The van der Waals surface area contributed by atoms with Gasteiger partial charge in [0.05, 0.1) is 6.54 Å². The normalized spacial score (nSPS) is 15.7. The third kappa shape index (κ3) is 3.48. The standard InChI is InChI=1S/C16H20N4O/c21-16(19-9-3-1-2-4-10-19)15-7-5-14(6-8-15)11-20-13-17-12-18-20/h5-8,12-13H,1-4,9-11H2. The zero-order valence-corrected chi connectivity index (χ0v) is 12.1. The van der Waals surface area contributed by atoms with Crippen molar-refractivity contribution in [1.82, 2.24) is 19.7 Å². The Morgan fingerprint density at radius 1 is 1.05 bits per heavy atom. The van der Waals surface area contributed by atoms with Gasteiger partial charge in [-0.1, -0.05) is 25.0 Å². The second-order valence-corrected chi connectivity index (χ2v) is 5.50. The predicted molar refractivity (Wildman–Crippen MR) is 79.9 cm³/mol. The zero-order chi connectivity index (χ0) is 14.5. The minimum absolute atomic E-state index is 0.157. The molecule has 5 heteroatoms. The summed E-state index contributed by atoms with van der Waals surface area (Å²) < 4.78 is 1.77. The Bertz CT molecular complexity index is 569. The van der Waals surface area contributed by atoms with E-state index >= 15 is 0 Å². The number of nitrogens with zero attached hydrogens (tertiary/aromatic N) is 4. The first-order chi connectivity index (χ1) is 10.3. The maximum absolute atomic E-state index is 12.5. The number of benzene rings is 1. The van der Waals surface area contributed by atoms with Gasteiger partial charge in [0.15, 0.2) is 0 Å². The summed E-state index contributed by atoms with van der Waals surface area (Å²) in [5.41, 5.74) is 1.90. The zero-order valence-electron chi connectivity index (χ0n) is 12.1. The number of carbonyl (C=O) groups excluding carboxylic acids is 1. The monoisotopic (exact) mass is 284 g/mol. The number of likely N-dealkylation sites (tertiary alicyclic amines) is 1. The Kier molecular flexibility index (Phi) is 4.28. The quantitative estimate of drug-likeness (QED) is 0.869. The molecule has 2 heterocycles. The van der Waals surface area contributed by atoms with Crippen LogP contribution in [0.3, 0.4) is 0 Å². The highest BCUT2D eigenvalue weighted by molar-refractivity contribution is 5.94. The Hall–Kier alpha value is -2.17. The fourth-order valence-corrected chi connectivity index (χ4v) is 2.71. The Morgan fingerprint density at radius 2 is 1.76 bits per heavy atom. The lowest BCUT2D eigenvalue weighted by Crippen LogP contribution is -2.31. The van der Waals surface area contributed by atoms with E-state index in [4.69, 9.17) is 0 Å². The van der Waals surface area contributed by atoms with Gasteiger partial charge in [-0.2, -0.15) is 5.10 Å². The second-order valence-electron chi connectivity index (χ2n) is 5.50. The highest BCUT2D eigenvalue weighted by Crippen LogP contribution is 2.14. The van der Waals surface area contributed by atoms with Crippen LogP contribution in [0.4, 0.5) is 0 Å². The average Bonchev–Trinajstić information content (AvgIpc) is 2.87. The van der Waals surface area contributed by atoms with E-state index in [9.17, 15) is 4.79 Å². The molecule has 0 radical (unpaired) electrons. The molecule has 1 aliphatic heterocycles. The SMILES string of the molecule is O=C(c1ccc(Cn2cncn2)cc1)N1CCCCCC1. The van der Waals surface area contributed by atoms with Gasteiger partial charge in [0, 0.05) is 18.7 Å². The van der Waals surface area contributed by atoms with Crippen LogP contribution >= 0.6 is 0 Å². The molecule has 21 heavy (non-hydrogen) atoms. The summed E-state index contributed by atoms with van der Waals surface area (Å²) in [7, 11) is 0. The van der Waals surface area contributed by atoms with E-state index in [2.05, 4.69) is 10.1 Å². The van der Waals surface area contributed by atoms with E-state index in [1.165, 1.54) is 19.2 Å². The molecule has 1 aliphatic rings. The first kappa shape index (κ1) is 13.8. The van der Waals surface area contributed by atoms with Crippen LogP contribution in [0.15, 0.2) is 36.9 Å². The van der Waals surface area contributed by atoms with E-state index in [0.717, 1.165) is 37.1 Å². The molecule has 1 aromatic heterocycles. The van der Waals surface area contributed by atoms with Gasteiger partial charge in [-0.25, -0.2) is 9.67 Å². The first-order valence-corrected chi connectivity index (χ1v) is 7.53. The lowest BCUT2D eigenvalue weighted by Gasteiger charge is -2.20. The van der Waals surface area contributed by atoms with Gasteiger partial charge in [-0.15, -0.1) is 0 Å². The van der Waals surface area contributed by atoms with Gasteiger partial charge in [0.1, 0.15) is 12.7 Å². The van der Waals surface area contributed by atoms with Crippen molar-refractivity contribution in [3.63, 3.8) is 0 Å². The van der Waals surface area contributed by atoms with Crippen LogP contribution in [-0.4, -0.2) is 38.7 Å². The van der Waals surface area contributed by atoms with Gasteiger partial charge in [0.25, 0.3) is 5.91 Å². The number of aromatic nitrogens is 3. The van der Waals surface area contributed by atoms with Crippen LogP contribution in [0.2, 0.25) is 0 Å². The third-order valence-corrected chi connectivity index (χ3v) is 3.91. The molecule has 0 spiro atoms. The lowest BCUT2D eigenvalue weighted by molar-refractivity contribution is 0.0761. The first-order valence-electron chi connectivity index (χ1n) is 7.53. The summed E-state index contributed by atoms with van der Waals surface area (Å²) in [6.07, 6.45) is 7.93. The molecule has 110 valence electrons. The van der Waals surface area contributed by atoms with E-state index in [1.807, 2.05) is 29.2 Å². The molecule has 0 N–H and O–H groups in total. The smallest absolute Gasteiger partial charge is 0.253 e. The number of amides is 1. The molecule has 0 unspecified atom stereocenters. The molecule has 2 aromatic rings. The summed E-state index contributed by atoms with van der Waals surface area (Å²) in [6.45, 7) is 2.46. The molecule has 0 bridgehead atoms. The van der Waals surface area contributed by atoms with E-state index < -0.39 is 0 Å².